The van der Waals surface area contributed by atoms with Crippen molar-refractivity contribution in [2.45, 2.75) is 64.9 Å². The fourth-order valence-electron chi connectivity index (χ4n) is 6.89. The Bertz CT molecular complexity index is 1480. The highest BCUT2D eigenvalue weighted by atomic mass is 127. The number of phenols is 1. The summed E-state index contributed by atoms with van der Waals surface area (Å²) in [6, 6.07) is 13.5. The van der Waals surface area contributed by atoms with Crippen LogP contribution < -0.4 is 4.74 Å². The molecule has 2 amide bonds. The number of benzene rings is 2. The zero-order valence-electron chi connectivity index (χ0n) is 26.6. The van der Waals surface area contributed by atoms with Gasteiger partial charge < -0.3 is 25.2 Å². The number of unbranched alkanes of at least 4 members (excludes halogenated alkanes) is 2. The second-order valence-electron chi connectivity index (χ2n) is 12.4. The summed E-state index contributed by atoms with van der Waals surface area (Å²) >= 11 is 2.06. The van der Waals surface area contributed by atoms with Gasteiger partial charge in [-0.25, -0.2) is 0 Å². The number of methoxy groups -OCH3 is 1. The number of carbonyl (C=O) groups is 3. The third-order valence-corrected chi connectivity index (χ3v) is 10.0. The number of imide groups is 1. The zero-order chi connectivity index (χ0) is 33.5. The predicted molar refractivity (Wildman–Crippen MR) is 184 cm³/mol. The Morgan fingerprint density at radius 2 is 1.80 bits per heavy atom. The molecule has 4 N–H and O–H groups in total. The molecule has 46 heavy (non-hydrogen) atoms. The molecule has 0 unspecified atom stereocenters. The Labute approximate surface area is 284 Å². The van der Waals surface area contributed by atoms with Crippen LogP contribution in [-0.2, 0) is 14.4 Å². The average Bonchev–Trinajstić information content (AvgIpc) is 3.27. The molecule has 0 aromatic heterocycles. The first kappa shape index (κ1) is 35.6. The summed E-state index contributed by atoms with van der Waals surface area (Å²) in [6.45, 7) is 3.88. The number of rotatable bonds is 15. The fourth-order valence-corrected chi connectivity index (χ4v) is 7.51. The van der Waals surface area contributed by atoms with E-state index < -0.39 is 29.8 Å². The number of aliphatic carboxylic acids is 1. The molecule has 248 valence electrons. The third-order valence-electron chi connectivity index (χ3n) is 9.18. The van der Waals surface area contributed by atoms with E-state index in [-0.39, 0.29) is 43.1 Å². The molecule has 0 spiro atoms. The Morgan fingerprint density at radius 1 is 1.09 bits per heavy atom. The molecule has 1 fully saturated rings. The molecule has 0 radical (unpaired) electrons. The lowest BCUT2D eigenvalue weighted by Crippen LogP contribution is -2.40. The first-order valence-corrected chi connectivity index (χ1v) is 17.0. The molecular weight excluding hydrogens is 701 g/mol. The number of ether oxygens (including phenoxy) is 1. The summed E-state index contributed by atoms with van der Waals surface area (Å²) in [6.07, 6.45) is 3.89. The van der Waals surface area contributed by atoms with Crippen LogP contribution in [0.1, 0.15) is 69.9 Å². The number of hydrogen-bond acceptors (Lipinski definition) is 7. The third kappa shape index (κ3) is 8.01. The molecule has 2 aromatic carbocycles. The summed E-state index contributed by atoms with van der Waals surface area (Å²) in [5, 5.41) is 41.7. The number of hydrogen-bond donors (Lipinski definition) is 4. The molecule has 1 saturated heterocycles. The van der Waals surface area contributed by atoms with Crippen LogP contribution in [0.25, 0.3) is 11.6 Å². The number of phenolic OH excluding ortho intramolecular Hbond substituents is 1. The van der Waals surface area contributed by atoms with Crippen LogP contribution in [0, 0.1) is 27.2 Å². The molecule has 2 aliphatic rings. The van der Waals surface area contributed by atoms with Crippen molar-refractivity contribution in [3.8, 4) is 11.5 Å². The maximum atomic E-state index is 13.7. The lowest BCUT2D eigenvalue weighted by Gasteiger charge is -2.38. The SMILES string of the molecule is COc1cc(/C=C(/CC[C@@H](O)C2=C(C(C)C)C[C@H]3C(=O)N(CCCCCC(=O)O)C(=O)[C@H]3[C@H]2CO)c2ccccc2)cc(I)c1O. The summed E-state index contributed by atoms with van der Waals surface area (Å²) in [5.74, 6) is -2.98. The van der Waals surface area contributed by atoms with E-state index >= 15 is 0 Å². The van der Waals surface area contributed by atoms with Crippen molar-refractivity contribution >= 4 is 52.0 Å². The summed E-state index contributed by atoms with van der Waals surface area (Å²) in [7, 11) is 1.50. The Hall–Kier alpha value is -3.22. The average molecular weight is 746 g/mol. The Morgan fingerprint density at radius 3 is 2.43 bits per heavy atom. The van der Waals surface area contributed by atoms with Gasteiger partial charge >= 0.3 is 5.97 Å². The topological polar surface area (TPSA) is 145 Å². The van der Waals surface area contributed by atoms with Crippen molar-refractivity contribution in [3.05, 3.63) is 68.3 Å². The maximum Gasteiger partial charge on any atom is 0.303 e. The van der Waals surface area contributed by atoms with Crippen LogP contribution in [0.5, 0.6) is 11.5 Å². The van der Waals surface area contributed by atoms with E-state index in [0.29, 0.717) is 53.4 Å². The van der Waals surface area contributed by atoms with E-state index in [2.05, 4.69) is 22.6 Å². The number of carboxylic acids is 1. The minimum Gasteiger partial charge on any atom is -0.504 e. The number of carbonyl (C=O) groups excluding carboxylic acids is 2. The van der Waals surface area contributed by atoms with Crippen LogP contribution in [0.15, 0.2) is 53.6 Å². The molecule has 10 heteroatoms. The van der Waals surface area contributed by atoms with Crippen molar-refractivity contribution < 1.29 is 39.5 Å². The van der Waals surface area contributed by atoms with Crippen LogP contribution in [0.3, 0.4) is 0 Å². The molecule has 2 aromatic rings. The number of aliphatic hydroxyl groups is 2. The second kappa shape index (κ2) is 16.1. The van der Waals surface area contributed by atoms with Crippen molar-refractivity contribution in [1.82, 2.24) is 4.90 Å². The zero-order valence-corrected chi connectivity index (χ0v) is 28.8. The number of allylic oxidation sites excluding steroid dienone is 2. The van der Waals surface area contributed by atoms with Gasteiger partial charge in [-0.15, -0.1) is 0 Å². The molecule has 9 nitrogen and oxygen atoms in total. The van der Waals surface area contributed by atoms with Crippen LogP contribution >= 0.6 is 22.6 Å². The van der Waals surface area contributed by atoms with E-state index in [0.717, 1.165) is 22.3 Å². The summed E-state index contributed by atoms with van der Waals surface area (Å²) in [4.78, 5) is 39.3. The van der Waals surface area contributed by atoms with Crippen LogP contribution in [0.4, 0.5) is 0 Å². The van der Waals surface area contributed by atoms with Crippen LogP contribution in [-0.4, -0.2) is 69.5 Å². The minimum atomic E-state index is -0.940. The van der Waals surface area contributed by atoms with Gasteiger partial charge in [0.15, 0.2) is 11.5 Å². The van der Waals surface area contributed by atoms with E-state index in [1.807, 2.05) is 56.3 Å². The Balaban J connectivity index is 1.59. The maximum absolute atomic E-state index is 13.7. The molecule has 0 saturated carbocycles. The lowest BCUT2D eigenvalue weighted by atomic mass is 9.66. The smallest absolute Gasteiger partial charge is 0.303 e. The highest BCUT2D eigenvalue weighted by molar-refractivity contribution is 14.1. The standard InChI is InChI=1S/C36H44INO8/c1-21(2)25-19-26-33(36(45)38(35(26)44)15-9-5-8-12-31(41)42)27(20-39)32(25)29(40)14-13-24(23-10-6-4-7-11-23)16-22-17-28(37)34(43)30(18-22)46-3/h4,6-7,10-11,16-18,21,26-27,29,33,39-40,43H,5,8-9,12-15,19-20H2,1-3H3,(H,41,42)/b24-16-/t26-,27+,29-,33-/m1/s1. The predicted octanol–water partition coefficient (Wildman–Crippen LogP) is 5.90. The molecule has 1 aliphatic carbocycles. The van der Waals surface area contributed by atoms with E-state index in [4.69, 9.17) is 9.84 Å². The molecule has 1 heterocycles. The van der Waals surface area contributed by atoms with Gasteiger partial charge in [-0.05, 0) is 95.0 Å². The van der Waals surface area contributed by atoms with Gasteiger partial charge in [0.1, 0.15) is 0 Å². The van der Waals surface area contributed by atoms with Gasteiger partial charge in [-0.3, -0.25) is 19.3 Å². The molecule has 4 rings (SSSR count). The first-order valence-electron chi connectivity index (χ1n) is 15.9. The number of halogens is 1. The molecule has 1 aliphatic heterocycles. The van der Waals surface area contributed by atoms with Gasteiger partial charge in [-0.1, -0.05) is 62.2 Å². The number of likely N-dealkylation sites (tertiary alicyclic amines) is 1. The second-order valence-corrected chi connectivity index (χ2v) is 13.6. The fraction of sp³-hybridized carbons (Fsp3) is 0.472. The number of aromatic hydroxyl groups is 1. The van der Waals surface area contributed by atoms with Gasteiger partial charge in [0.05, 0.1) is 35.2 Å². The van der Waals surface area contributed by atoms with Gasteiger partial charge in [0.2, 0.25) is 11.8 Å². The Kier molecular flexibility index (Phi) is 12.4. The quantitative estimate of drug-likeness (QED) is 0.0581. The molecule has 0 bridgehead atoms. The van der Waals surface area contributed by atoms with E-state index in [9.17, 15) is 29.7 Å². The van der Waals surface area contributed by atoms with Gasteiger partial charge in [0, 0.05) is 18.9 Å². The van der Waals surface area contributed by atoms with E-state index in [1.54, 1.807) is 6.07 Å². The number of amides is 2. The monoisotopic (exact) mass is 745 g/mol. The lowest BCUT2D eigenvalue weighted by molar-refractivity contribution is -0.141. The highest BCUT2D eigenvalue weighted by Gasteiger charge is 2.54. The summed E-state index contributed by atoms with van der Waals surface area (Å²) in [5.41, 5.74) is 4.36. The van der Waals surface area contributed by atoms with Crippen molar-refractivity contribution in [1.29, 1.82) is 0 Å². The number of carboxylic acid groups (broad SMARTS) is 1. The number of nitrogens with zero attached hydrogens (tertiary/aromatic N) is 1. The van der Waals surface area contributed by atoms with Gasteiger partial charge in [-0.2, -0.15) is 0 Å². The van der Waals surface area contributed by atoms with Crippen molar-refractivity contribution in [2.75, 3.05) is 20.3 Å². The highest BCUT2D eigenvalue weighted by Crippen LogP contribution is 2.48. The number of fused-ring (bicyclic) bond motifs is 1. The number of aliphatic hydroxyl groups excluding tert-OH is 2. The van der Waals surface area contributed by atoms with Crippen molar-refractivity contribution in [3.63, 3.8) is 0 Å². The minimum absolute atomic E-state index is 0.00305. The van der Waals surface area contributed by atoms with Gasteiger partial charge in [0.25, 0.3) is 0 Å². The van der Waals surface area contributed by atoms with Crippen molar-refractivity contribution in [2.24, 2.45) is 23.7 Å². The largest absolute Gasteiger partial charge is 0.504 e. The molecule has 4 atom stereocenters. The first-order chi connectivity index (χ1) is 22.0. The normalized spacial score (nSPS) is 20.8. The van der Waals surface area contributed by atoms with Crippen LogP contribution in [0.2, 0.25) is 0 Å². The molecular formula is C36H44INO8. The summed E-state index contributed by atoms with van der Waals surface area (Å²) < 4.78 is 6.01. The van der Waals surface area contributed by atoms with E-state index in [1.165, 1.54) is 12.0 Å².